The van der Waals surface area contributed by atoms with Gasteiger partial charge in [-0.05, 0) is 43.5 Å². The summed E-state index contributed by atoms with van der Waals surface area (Å²) in [5.74, 6) is -1.15. The second-order valence-corrected chi connectivity index (χ2v) is 11.8. The van der Waals surface area contributed by atoms with Gasteiger partial charge in [0.05, 0.1) is 22.5 Å². The molecule has 0 saturated heterocycles. The van der Waals surface area contributed by atoms with Crippen LogP contribution in [0.2, 0.25) is 5.02 Å². The van der Waals surface area contributed by atoms with Crippen LogP contribution in [0.4, 0.5) is 18.9 Å². The van der Waals surface area contributed by atoms with Crippen LogP contribution in [0.1, 0.15) is 50.2 Å². The number of hydrogen-bond acceptors (Lipinski definition) is 4. The summed E-state index contributed by atoms with van der Waals surface area (Å²) in [4.78, 5) is 27.9. The maximum Gasteiger partial charge on any atom is 0.416 e. The molecule has 0 aliphatic heterocycles. The Hall–Kier alpha value is -2.79. The van der Waals surface area contributed by atoms with Gasteiger partial charge in [0.25, 0.3) is 0 Å². The minimum Gasteiger partial charge on any atom is -0.352 e. The van der Waals surface area contributed by atoms with Crippen molar-refractivity contribution >= 4 is 39.1 Å². The average molecular weight is 574 g/mol. The summed E-state index contributed by atoms with van der Waals surface area (Å²) in [6.45, 7) is 0.696. The lowest BCUT2D eigenvalue weighted by molar-refractivity contribution is -0.139. The first-order valence-electron chi connectivity index (χ1n) is 12.3. The molecule has 0 radical (unpaired) electrons. The van der Waals surface area contributed by atoms with Crippen molar-refractivity contribution in [2.45, 2.75) is 63.8 Å². The van der Waals surface area contributed by atoms with E-state index >= 15 is 0 Å². The Labute approximate surface area is 226 Å². The number of benzene rings is 2. The summed E-state index contributed by atoms with van der Waals surface area (Å²) < 4.78 is 65.9. The number of halogens is 4. The van der Waals surface area contributed by atoms with Gasteiger partial charge in [0.1, 0.15) is 12.6 Å². The van der Waals surface area contributed by atoms with Crippen molar-refractivity contribution in [3.05, 3.63) is 64.7 Å². The Balaban J connectivity index is 1.92. The standard InChI is InChI=1S/C26H31ClF3N3O4S/c1-18(25(35)31-21-11-7-4-8-12-21)32(16-19-9-5-3-6-10-19)24(34)17-33(38(2,36)37)23-15-20(26(28,29)30)13-14-22(23)27/h3,5-6,9-10,13-15,18,21H,4,7-8,11-12,16-17H2,1-2H3,(H,31,35)/t18-/m0/s1. The number of carbonyl (C=O) groups excluding carboxylic acids is 2. The Kier molecular flexibility index (Phi) is 9.69. The van der Waals surface area contributed by atoms with Crippen molar-refractivity contribution < 1.29 is 31.2 Å². The highest BCUT2D eigenvalue weighted by Crippen LogP contribution is 2.36. The quantitative estimate of drug-likeness (QED) is 0.458. The number of nitrogens with zero attached hydrogens (tertiary/aromatic N) is 2. The SMILES string of the molecule is C[C@@H](C(=O)NC1CCCCC1)N(Cc1ccccc1)C(=O)CN(c1cc(C(F)(F)F)ccc1Cl)S(C)(=O)=O. The van der Waals surface area contributed by atoms with Gasteiger partial charge in [0.15, 0.2) is 0 Å². The topological polar surface area (TPSA) is 86.8 Å². The van der Waals surface area contributed by atoms with Crippen LogP contribution >= 0.6 is 11.6 Å². The molecule has 0 spiro atoms. The number of carbonyl (C=O) groups is 2. The maximum atomic E-state index is 13.6. The fraction of sp³-hybridized carbons (Fsp3) is 0.462. The lowest BCUT2D eigenvalue weighted by atomic mass is 9.95. The molecule has 2 amide bonds. The third-order valence-corrected chi connectivity index (χ3v) is 7.98. The first-order chi connectivity index (χ1) is 17.8. The Bertz CT molecular complexity index is 1240. The molecule has 2 aromatic carbocycles. The van der Waals surface area contributed by atoms with Gasteiger partial charge < -0.3 is 10.2 Å². The lowest BCUT2D eigenvalue weighted by Gasteiger charge is -2.33. The molecule has 2 aromatic rings. The third-order valence-electron chi connectivity index (χ3n) is 6.54. The van der Waals surface area contributed by atoms with Crippen LogP contribution in [-0.2, 0) is 32.3 Å². The highest BCUT2D eigenvalue weighted by Gasteiger charge is 2.35. The van der Waals surface area contributed by atoms with Crippen molar-refractivity contribution in [2.75, 3.05) is 17.1 Å². The molecule has 1 N–H and O–H groups in total. The summed E-state index contributed by atoms with van der Waals surface area (Å²) in [6.07, 6.45) is 0.775. The van der Waals surface area contributed by atoms with Crippen LogP contribution in [0, 0.1) is 0 Å². The predicted molar refractivity (Wildman–Crippen MR) is 140 cm³/mol. The molecule has 1 fully saturated rings. The Morgan fingerprint density at radius 2 is 1.71 bits per heavy atom. The molecule has 7 nitrogen and oxygen atoms in total. The fourth-order valence-corrected chi connectivity index (χ4v) is 5.53. The summed E-state index contributed by atoms with van der Waals surface area (Å²) in [7, 11) is -4.24. The zero-order valence-electron chi connectivity index (χ0n) is 21.2. The van der Waals surface area contributed by atoms with E-state index in [1.165, 1.54) is 4.90 Å². The number of sulfonamides is 1. The van der Waals surface area contributed by atoms with Crippen LogP contribution in [0.3, 0.4) is 0 Å². The van der Waals surface area contributed by atoms with E-state index in [1.807, 2.05) is 0 Å². The summed E-state index contributed by atoms with van der Waals surface area (Å²) in [5, 5.41) is 2.71. The first-order valence-corrected chi connectivity index (χ1v) is 14.5. The molecule has 1 aliphatic carbocycles. The number of anilines is 1. The largest absolute Gasteiger partial charge is 0.416 e. The molecule has 1 saturated carbocycles. The molecule has 0 aromatic heterocycles. The molecular weight excluding hydrogens is 543 g/mol. The van der Waals surface area contributed by atoms with Gasteiger partial charge in [-0.1, -0.05) is 61.2 Å². The van der Waals surface area contributed by atoms with E-state index in [0.717, 1.165) is 50.5 Å². The minimum absolute atomic E-state index is 0.00709. The van der Waals surface area contributed by atoms with E-state index in [1.54, 1.807) is 37.3 Å². The van der Waals surface area contributed by atoms with E-state index in [2.05, 4.69) is 5.32 Å². The van der Waals surface area contributed by atoms with Crippen molar-refractivity contribution in [2.24, 2.45) is 0 Å². The van der Waals surface area contributed by atoms with Crippen LogP contribution in [0.15, 0.2) is 48.5 Å². The Morgan fingerprint density at radius 3 is 2.29 bits per heavy atom. The monoisotopic (exact) mass is 573 g/mol. The number of nitrogens with one attached hydrogen (secondary N) is 1. The summed E-state index contributed by atoms with van der Waals surface area (Å²) in [5.41, 5.74) is -0.892. The van der Waals surface area contributed by atoms with Crippen molar-refractivity contribution in [1.29, 1.82) is 0 Å². The zero-order valence-corrected chi connectivity index (χ0v) is 22.7. The molecule has 12 heteroatoms. The minimum atomic E-state index is -4.75. The molecule has 208 valence electrons. The van der Waals surface area contributed by atoms with Crippen LogP contribution in [-0.4, -0.2) is 50.0 Å². The van der Waals surface area contributed by atoms with Gasteiger partial charge in [-0.3, -0.25) is 13.9 Å². The van der Waals surface area contributed by atoms with E-state index in [0.29, 0.717) is 15.9 Å². The highest BCUT2D eigenvalue weighted by atomic mass is 35.5. The van der Waals surface area contributed by atoms with Crippen LogP contribution < -0.4 is 9.62 Å². The zero-order chi connectivity index (χ0) is 28.1. The van der Waals surface area contributed by atoms with Gasteiger partial charge in [-0.2, -0.15) is 13.2 Å². The number of alkyl halides is 3. The van der Waals surface area contributed by atoms with E-state index in [9.17, 15) is 31.2 Å². The normalized spacial score (nSPS) is 15.5. The van der Waals surface area contributed by atoms with Crippen molar-refractivity contribution in [3.8, 4) is 0 Å². The van der Waals surface area contributed by atoms with Gasteiger partial charge in [0, 0.05) is 12.6 Å². The summed E-state index contributed by atoms with van der Waals surface area (Å²) in [6, 6.07) is 10.1. The molecule has 1 atom stereocenters. The van der Waals surface area contributed by atoms with Crippen LogP contribution in [0.5, 0.6) is 0 Å². The molecule has 0 bridgehead atoms. The number of rotatable bonds is 9. The highest BCUT2D eigenvalue weighted by molar-refractivity contribution is 7.92. The second-order valence-electron chi connectivity index (χ2n) is 9.46. The van der Waals surface area contributed by atoms with Crippen molar-refractivity contribution in [1.82, 2.24) is 10.2 Å². The number of amides is 2. The molecule has 1 aliphatic rings. The molecule has 0 heterocycles. The fourth-order valence-electron chi connectivity index (χ4n) is 4.41. The van der Waals surface area contributed by atoms with Crippen molar-refractivity contribution in [3.63, 3.8) is 0 Å². The molecule has 3 rings (SSSR count). The van der Waals surface area contributed by atoms with E-state index in [-0.39, 0.29) is 23.5 Å². The average Bonchev–Trinajstić information content (AvgIpc) is 2.85. The van der Waals surface area contributed by atoms with Gasteiger partial charge in [0.2, 0.25) is 21.8 Å². The Morgan fingerprint density at radius 1 is 1.08 bits per heavy atom. The number of hydrogen-bond donors (Lipinski definition) is 1. The first kappa shape index (κ1) is 29.8. The maximum absolute atomic E-state index is 13.6. The van der Waals surface area contributed by atoms with Crippen LogP contribution in [0.25, 0.3) is 0 Å². The molecule has 38 heavy (non-hydrogen) atoms. The van der Waals surface area contributed by atoms with Gasteiger partial charge in [-0.15, -0.1) is 0 Å². The summed E-state index contributed by atoms with van der Waals surface area (Å²) >= 11 is 6.10. The van der Waals surface area contributed by atoms with E-state index in [4.69, 9.17) is 11.6 Å². The predicted octanol–water partition coefficient (Wildman–Crippen LogP) is 4.99. The van der Waals surface area contributed by atoms with Gasteiger partial charge >= 0.3 is 6.18 Å². The third kappa shape index (κ3) is 7.86. The molecular formula is C26H31ClF3N3O4S. The lowest BCUT2D eigenvalue weighted by Crippen LogP contribution is -2.53. The van der Waals surface area contributed by atoms with Gasteiger partial charge in [-0.25, -0.2) is 8.42 Å². The van der Waals surface area contributed by atoms with E-state index < -0.39 is 45.9 Å². The second kappa shape index (κ2) is 12.4. The molecule has 0 unspecified atom stereocenters. The smallest absolute Gasteiger partial charge is 0.352 e.